The van der Waals surface area contributed by atoms with Gasteiger partial charge >= 0.3 is 5.97 Å². The molecular formula is C13H18FNO3. The zero-order valence-electron chi connectivity index (χ0n) is 10.6. The summed E-state index contributed by atoms with van der Waals surface area (Å²) in [5.74, 6) is -1.20. The van der Waals surface area contributed by atoms with E-state index >= 15 is 0 Å². The molecule has 0 fully saturated rings. The fourth-order valence-corrected chi connectivity index (χ4v) is 1.69. The molecule has 0 aliphatic rings. The van der Waals surface area contributed by atoms with Crippen molar-refractivity contribution in [3.63, 3.8) is 0 Å². The molecule has 100 valence electrons. The van der Waals surface area contributed by atoms with Crippen molar-refractivity contribution in [2.45, 2.75) is 32.4 Å². The van der Waals surface area contributed by atoms with Gasteiger partial charge in [0.15, 0.2) is 11.6 Å². The summed E-state index contributed by atoms with van der Waals surface area (Å²) in [6.45, 7) is 2.07. The Kier molecular flexibility index (Phi) is 5.58. The SMILES string of the molecule is CCCC(NCc1cccc(OC)c1F)C(=O)O. The molecule has 0 heterocycles. The molecule has 0 saturated carbocycles. The van der Waals surface area contributed by atoms with Gasteiger partial charge in [-0.1, -0.05) is 25.5 Å². The minimum absolute atomic E-state index is 0.164. The summed E-state index contributed by atoms with van der Waals surface area (Å²) in [5, 5.41) is 11.8. The molecule has 0 aliphatic carbocycles. The van der Waals surface area contributed by atoms with Gasteiger partial charge in [-0.15, -0.1) is 0 Å². The molecule has 0 saturated heterocycles. The zero-order chi connectivity index (χ0) is 13.5. The van der Waals surface area contributed by atoms with Crippen molar-refractivity contribution in [1.29, 1.82) is 0 Å². The van der Waals surface area contributed by atoms with E-state index in [1.165, 1.54) is 13.2 Å². The summed E-state index contributed by atoms with van der Waals surface area (Å²) in [5.41, 5.74) is 0.400. The first kappa shape index (κ1) is 14.4. The summed E-state index contributed by atoms with van der Waals surface area (Å²) in [6.07, 6.45) is 1.27. The van der Waals surface area contributed by atoms with Crippen LogP contribution in [0.1, 0.15) is 25.3 Å². The Morgan fingerprint density at radius 1 is 1.56 bits per heavy atom. The van der Waals surface area contributed by atoms with Crippen LogP contribution in [0.15, 0.2) is 18.2 Å². The lowest BCUT2D eigenvalue weighted by atomic mass is 10.1. The Balaban J connectivity index is 2.70. The molecule has 1 aromatic carbocycles. The number of carbonyl (C=O) groups is 1. The van der Waals surface area contributed by atoms with Gasteiger partial charge in [-0.3, -0.25) is 4.79 Å². The first-order valence-corrected chi connectivity index (χ1v) is 5.87. The number of halogens is 1. The van der Waals surface area contributed by atoms with E-state index in [0.717, 1.165) is 6.42 Å². The lowest BCUT2D eigenvalue weighted by Crippen LogP contribution is -2.36. The quantitative estimate of drug-likeness (QED) is 0.784. The van der Waals surface area contributed by atoms with Gasteiger partial charge in [0.1, 0.15) is 6.04 Å². The van der Waals surface area contributed by atoms with E-state index in [2.05, 4.69) is 5.32 Å². The maximum absolute atomic E-state index is 13.8. The largest absolute Gasteiger partial charge is 0.494 e. The van der Waals surface area contributed by atoms with E-state index in [9.17, 15) is 9.18 Å². The normalized spacial score (nSPS) is 12.2. The van der Waals surface area contributed by atoms with Crippen LogP contribution >= 0.6 is 0 Å². The van der Waals surface area contributed by atoms with E-state index in [1.54, 1.807) is 12.1 Å². The third-order valence-electron chi connectivity index (χ3n) is 2.68. The highest BCUT2D eigenvalue weighted by molar-refractivity contribution is 5.73. The van der Waals surface area contributed by atoms with E-state index in [4.69, 9.17) is 9.84 Å². The number of carboxylic acid groups (broad SMARTS) is 1. The minimum Gasteiger partial charge on any atom is -0.494 e. The molecule has 1 rings (SSSR count). The molecule has 0 bridgehead atoms. The highest BCUT2D eigenvalue weighted by Gasteiger charge is 2.16. The van der Waals surface area contributed by atoms with Crippen molar-refractivity contribution in [2.24, 2.45) is 0 Å². The van der Waals surface area contributed by atoms with Gasteiger partial charge in [0.2, 0.25) is 0 Å². The molecule has 0 amide bonds. The van der Waals surface area contributed by atoms with Gasteiger partial charge < -0.3 is 15.2 Å². The summed E-state index contributed by atoms with van der Waals surface area (Å²) in [4.78, 5) is 10.9. The monoisotopic (exact) mass is 255 g/mol. The molecule has 0 spiro atoms. The Morgan fingerprint density at radius 2 is 2.28 bits per heavy atom. The first-order chi connectivity index (χ1) is 8.60. The van der Waals surface area contributed by atoms with Crippen LogP contribution in [0.25, 0.3) is 0 Å². The van der Waals surface area contributed by atoms with Crippen molar-refractivity contribution in [1.82, 2.24) is 5.32 Å². The van der Waals surface area contributed by atoms with Gasteiger partial charge in [-0.2, -0.15) is 0 Å². The topological polar surface area (TPSA) is 58.6 Å². The molecule has 5 heteroatoms. The first-order valence-electron chi connectivity index (χ1n) is 5.87. The van der Waals surface area contributed by atoms with Crippen LogP contribution < -0.4 is 10.1 Å². The molecule has 0 aromatic heterocycles. The average Bonchev–Trinajstić information content (AvgIpc) is 2.35. The number of nitrogens with one attached hydrogen (secondary N) is 1. The van der Waals surface area contributed by atoms with Crippen LogP contribution in [0.3, 0.4) is 0 Å². The predicted octanol–water partition coefficient (Wildman–Crippen LogP) is 2.18. The highest BCUT2D eigenvalue weighted by Crippen LogP contribution is 2.19. The summed E-state index contributed by atoms with van der Waals surface area (Å²) in [7, 11) is 1.40. The van der Waals surface area contributed by atoms with Crippen molar-refractivity contribution in [3.8, 4) is 5.75 Å². The van der Waals surface area contributed by atoms with Crippen LogP contribution in [0.5, 0.6) is 5.75 Å². The van der Waals surface area contributed by atoms with Gasteiger partial charge in [0.05, 0.1) is 7.11 Å². The van der Waals surface area contributed by atoms with Crippen LogP contribution in [0, 0.1) is 5.82 Å². The highest BCUT2D eigenvalue weighted by atomic mass is 19.1. The van der Waals surface area contributed by atoms with Crippen LogP contribution in [-0.4, -0.2) is 24.2 Å². The van der Waals surface area contributed by atoms with Crippen molar-refractivity contribution in [2.75, 3.05) is 7.11 Å². The Labute approximate surface area is 106 Å². The van der Waals surface area contributed by atoms with E-state index in [-0.39, 0.29) is 12.3 Å². The maximum atomic E-state index is 13.8. The van der Waals surface area contributed by atoms with Crippen LogP contribution in [-0.2, 0) is 11.3 Å². The van der Waals surface area contributed by atoms with Crippen LogP contribution in [0.2, 0.25) is 0 Å². The lowest BCUT2D eigenvalue weighted by molar-refractivity contribution is -0.139. The summed E-state index contributed by atoms with van der Waals surface area (Å²) in [6, 6.07) is 4.16. The molecule has 0 aliphatic heterocycles. The van der Waals surface area contributed by atoms with Crippen LogP contribution in [0.4, 0.5) is 4.39 Å². The fraction of sp³-hybridized carbons (Fsp3) is 0.462. The molecule has 4 nitrogen and oxygen atoms in total. The van der Waals surface area contributed by atoms with Gasteiger partial charge in [0, 0.05) is 12.1 Å². The number of hydrogen-bond acceptors (Lipinski definition) is 3. The minimum atomic E-state index is -0.917. The van der Waals surface area contributed by atoms with Crippen molar-refractivity contribution >= 4 is 5.97 Å². The molecular weight excluding hydrogens is 237 g/mol. The average molecular weight is 255 g/mol. The number of ether oxygens (including phenoxy) is 1. The summed E-state index contributed by atoms with van der Waals surface area (Å²) >= 11 is 0. The Bertz CT molecular complexity index is 409. The van der Waals surface area contributed by atoms with E-state index < -0.39 is 17.8 Å². The molecule has 1 aromatic rings. The number of methoxy groups -OCH3 is 1. The molecule has 2 N–H and O–H groups in total. The van der Waals surface area contributed by atoms with E-state index in [1.807, 2.05) is 6.92 Å². The van der Waals surface area contributed by atoms with Crippen molar-refractivity contribution < 1.29 is 19.0 Å². The van der Waals surface area contributed by atoms with Gasteiger partial charge in [-0.05, 0) is 12.5 Å². The molecule has 1 unspecified atom stereocenters. The second-order valence-electron chi connectivity index (χ2n) is 3.99. The molecule has 18 heavy (non-hydrogen) atoms. The summed E-state index contributed by atoms with van der Waals surface area (Å²) < 4.78 is 18.7. The predicted molar refractivity (Wildman–Crippen MR) is 66.1 cm³/mol. The fourth-order valence-electron chi connectivity index (χ4n) is 1.69. The Morgan fingerprint density at radius 3 is 2.83 bits per heavy atom. The van der Waals surface area contributed by atoms with Gasteiger partial charge in [-0.25, -0.2) is 4.39 Å². The lowest BCUT2D eigenvalue weighted by Gasteiger charge is -2.14. The zero-order valence-corrected chi connectivity index (χ0v) is 10.6. The number of hydrogen-bond donors (Lipinski definition) is 2. The smallest absolute Gasteiger partial charge is 0.320 e. The Hall–Kier alpha value is -1.62. The third-order valence-corrected chi connectivity index (χ3v) is 2.68. The number of carboxylic acids is 1. The van der Waals surface area contributed by atoms with Gasteiger partial charge in [0.25, 0.3) is 0 Å². The second kappa shape index (κ2) is 6.96. The van der Waals surface area contributed by atoms with E-state index in [0.29, 0.717) is 12.0 Å². The third kappa shape index (κ3) is 3.70. The number of aliphatic carboxylic acids is 1. The van der Waals surface area contributed by atoms with Crippen molar-refractivity contribution in [3.05, 3.63) is 29.6 Å². The number of rotatable bonds is 7. The molecule has 0 radical (unpaired) electrons. The molecule has 1 atom stereocenters. The maximum Gasteiger partial charge on any atom is 0.320 e. The standard InChI is InChI=1S/C13H18FNO3/c1-3-5-10(13(16)17)15-8-9-6-4-7-11(18-2)12(9)14/h4,6-7,10,15H,3,5,8H2,1-2H3,(H,16,17). The number of benzene rings is 1. The second-order valence-corrected chi connectivity index (χ2v) is 3.99.